The van der Waals surface area contributed by atoms with Crippen molar-refractivity contribution < 1.29 is 24.6 Å². The number of hydrogen-bond acceptors (Lipinski definition) is 11. The van der Waals surface area contributed by atoms with Crippen LogP contribution in [0.5, 0.6) is 0 Å². The van der Waals surface area contributed by atoms with E-state index < -0.39 is 46.5 Å². The number of nitrogens with one attached hydrogen (secondary N) is 1. The van der Waals surface area contributed by atoms with E-state index in [9.17, 15) is 29.5 Å². The molecule has 2 atom stereocenters. The second-order valence-corrected chi connectivity index (χ2v) is 8.33. The highest BCUT2D eigenvalue weighted by atomic mass is 35.5. The van der Waals surface area contributed by atoms with Gasteiger partial charge in [-0.15, -0.1) is 33.4 Å². The number of halogens is 1. The van der Waals surface area contributed by atoms with E-state index in [0.29, 0.717) is 16.5 Å². The van der Waals surface area contributed by atoms with Gasteiger partial charge in [0.05, 0.1) is 5.88 Å². The summed E-state index contributed by atoms with van der Waals surface area (Å²) in [6.45, 7) is 0. The number of aliphatic carboxylic acids is 1. The number of aliphatic hydroxyl groups excluding tert-OH is 1. The first-order valence-electron chi connectivity index (χ1n) is 8.17. The number of rotatable bonds is 8. The molecule has 0 saturated carbocycles. The lowest BCUT2D eigenvalue weighted by Crippen LogP contribution is -2.70. The molecule has 16 heteroatoms. The van der Waals surface area contributed by atoms with Gasteiger partial charge < -0.3 is 15.5 Å². The van der Waals surface area contributed by atoms with E-state index in [1.54, 1.807) is 7.05 Å². The van der Waals surface area contributed by atoms with Crippen LogP contribution in [0.15, 0.2) is 33.1 Å². The fraction of sp³-hybridized carbons (Fsp3) is 0.429. The number of carboxylic acid groups (broad SMARTS) is 1. The van der Waals surface area contributed by atoms with E-state index in [2.05, 4.69) is 26.0 Å². The molecule has 160 valence electrons. The van der Waals surface area contributed by atoms with Crippen molar-refractivity contribution in [1.82, 2.24) is 30.4 Å². The molecule has 2 aliphatic rings. The first-order chi connectivity index (χ1) is 14.3. The lowest BCUT2D eigenvalue weighted by Gasteiger charge is -2.49. The molecular weight excluding hydrogens is 462 g/mol. The predicted octanol–water partition coefficient (Wildman–Crippen LogP) is -0.184. The third-order valence-electron chi connectivity index (χ3n) is 4.20. The average Bonchev–Trinajstić information content (AvgIpc) is 3.14. The van der Waals surface area contributed by atoms with E-state index in [-0.39, 0.29) is 11.4 Å². The van der Waals surface area contributed by atoms with Crippen LogP contribution in [0, 0.1) is 4.91 Å². The zero-order valence-electron chi connectivity index (χ0n) is 15.2. The number of allylic oxidation sites excluding steroid dienone is 1. The lowest BCUT2D eigenvalue weighted by molar-refractivity contribution is -0.150. The van der Waals surface area contributed by atoms with Crippen molar-refractivity contribution in [3.05, 3.63) is 27.6 Å². The topological polar surface area (TPSA) is 180 Å². The van der Waals surface area contributed by atoms with Crippen LogP contribution in [0.25, 0.3) is 0 Å². The monoisotopic (exact) mass is 475 g/mol. The second-order valence-electron chi connectivity index (χ2n) is 6.01. The summed E-state index contributed by atoms with van der Waals surface area (Å²) in [5, 5.41) is 34.7. The Balaban J connectivity index is 1.76. The number of hydrogen-bond donors (Lipinski definition) is 3. The first-order valence-corrected chi connectivity index (χ1v) is 10.7. The molecule has 30 heavy (non-hydrogen) atoms. The van der Waals surface area contributed by atoms with Crippen LogP contribution in [-0.4, -0.2) is 81.9 Å². The maximum atomic E-state index is 12.6. The van der Waals surface area contributed by atoms with Gasteiger partial charge in [0.2, 0.25) is 10.9 Å². The number of aromatic nitrogens is 4. The Labute approximate surface area is 181 Å². The molecule has 3 heterocycles. The highest BCUT2D eigenvalue weighted by Crippen LogP contribution is 2.41. The largest absolute Gasteiger partial charge is 0.508 e. The summed E-state index contributed by atoms with van der Waals surface area (Å²) in [5.41, 5.74) is -0.491. The quantitative estimate of drug-likeness (QED) is 0.113. The summed E-state index contributed by atoms with van der Waals surface area (Å²) < 4.78 is 1.44. The number of amides is 2. The fourth-order valence-electron chi connectivity index (χ4n) is 2.79. The smallest absolute Gasteiger partial charge is 0.352 e. The standard InChI is InChI=1S/C14H14ClN7O6S2/c1-21-14(17-19-20-21)30-4-5-3-29-12-8(11(25)22(12)9(5)13(26)27)16-10(24)7(18-28)6(23)2-15/h8,12,23H,2-4H2,1H3,(H,16,24)(H,26,27)/t8?,12-/m1/s1. The van der Waals surface area contributed by atoms with Gasteiger partial charge in [0, 0.05) is 18.6 Å². The zero-order chi connectivity index (χ0) is 22.0. The molecule has 1 aromatic heterocycles. The van der Waals surface area contributed by atoms with Gasteiger partial charge in [-0.3, -0.25) is 14.5 Å². The van der Waals surface area contributed by atoms with Crippen molar-refractivity contribution in [2.24, 2.45) is 12.2 Å². The lowest BCUT2D eigenvalue weighted by atomic mass is 10.0. The van der Waals surface area contributed by atoms with E-state index in [0.717, 1.165) is 4.90 Å². The molecule has 0 aromatic carbocycles. The van der Waals surface area contributed by atoms with Crippen LogP contribution in [-0.2, 0) is 21.4 Å². The second kappa shape index (κ2) is 9.01. The van der Waals surface area contributed by atoms with Crippen molar-refractivity contribution in [1.29, 1.82) is 0 Å². The molecule has 1 aromatic rings. The number of carbonyl (C=O) groups is 3. The summed E-state index contributed by atoms with van der Waals surface area (Å²) in [6.07, 6.45) is 0. The Morgan fingerprint density at radius 2 is 2.17 bits per heavy atom. The molecule has 0 radical (unpaired) electrons. The van der Waals surface area contributed by atoms with Crippen molar-refractivity contribution >= 4 is 52.9 Å². The Morgan fingerprint density at radius 1 is 1.43 bits per heavy atom. The van der Waals surface area contributed by atoms with Gasteiger partial charge in [-0.05, 0) is 21.2 Å². The van der Waals surface area contributed by atoms with Crippen LogP contribution in [0.3, 0.4) is 0 Å². The maximum Gasteiger partial charge on any atom is 0.352 e. The van der Waals surface area contributed by atoms with Crippen LogP contribution < -0.4 is 5.32 Å². The number of nitroso groups, excluding NO2 is 1. The maximum absolute atomic E-state index is 12.6. The molecule has 2 amide bonds. The first kappa shape index (κ1) is 22.0. The van der Waals surface area contributed by atoms with Crippen LogP contribution in [0.4, 0.5) is 0 Å². The number of fused-ring (bicyclic) bond motifs is 1. The third kappa shape index (κ3) is 3.99. The number of aryl methyl sites for hydroxylation is 1. The van der Waals surface area contributed by atoms with Gasteiger partial charge in [-0.2, -0.15) is 0 Å². The van der Waals surface area contributed by atoms with Gasteiger partial charge in [-0.1, -0.05) is 11.8 Å². The highest BCUT2D eigenvalue weighted by molar-refractivity contribution is 8.01. The van der Waals surface area contributed by atoms with Gasteiger partial charge in [0.25, 0.3) is 11.8 Å². The number of tetrazole rings is 1. The number of nitrogens with zero attached hydrogens (tertiary/aromatic N) is 6. The molecular formula is C14H14ClN7O6S2. The fourth-order valence-corrected chi connectivity index (χ4v) is 5.25. The number of β-lactam (4-membered cyclic amide) rings is 1. The van der Waals surface area contributed by atoms with Gasteiger partial charge in [0.1, 0.15) is 22.9 Å². The van der Waals surface area contributed by atoms with Gasteiger partial charge >= 0.3 is 5.97 Å². The SMILES string of the molecule is Cn1nnnc1SCC1=C(C(=O)O)N2C(=O)C(NC(=O)C(N=O)=C(O)CCl)[C@H]2SC1. The van der Waals surface area contributed by atoms with E-state index in [4.69, 9.17) is 11.6 Å². The molecule has 0 spiro atoms. The Kier molecular flexibility index (Phi) is 6.62. The zero-order valence-corrected chi connectivity index (χ0v) is 17.6. The predicted molar refractivity (Wildman–Crippen MR) is 105 cm³/mol. The Hall–Kier alpha value is -2.65. The van der Waals surface area contributed by atoms with E-state index in [1.807, 2.05) is 0 Å². The molecule has 1 unspecified atom stereocenters. The van der Waals surface area contributed by atoms with Crippen LogP contribution in [0.2, 0.25) is 0 Å². The molecule has 1 fully saturated rings. The number of aliphatic hydroxyl groups is 1. The number of thioether (sulfide) groups is 2. The minimum atomic E-state index is -1.28. The van der Waals surface area contributed by atoms with Crippen molar-refractivity contribution in [3.63, 3.8) is 0 Å². The summed E-state index contributed by atoms with van der Waals surface area (Å²) in [4.78, 5) is 48.4. The number of carboxylic acids is 1. The van der Waals surface area contributed by atoms with E-state index in [1.165, 1.54) is 28.2 Å². The van der Waals surface area contributed by atoms with Crippen molar-refractivity contribution in [2.75, 3.05) is 17.4 Å². The minimum Gasteiger partial charge on any atom is -0.508 e. The molecule has 0 aliphatic carbocycles. The van der Waals surface area contributed by atoms with Crippen LogP contribution in [0.1, 0.15) is 0 Å². The molecule has 0 bridgehead atoms. The van der Waals surface area contributed by atoms with Crippen LogP contribution >= 0.6 is 35.1 Å². The van der Waals surface area contributed by atoms with Gasteiger partial charge in [0.15, 0.2) is 0 Å². The molecule has 3 N–H and O–H groups in total. The van der Waals surface area contributed by atoms with Gasteiger partial charge in [-0.25, -0.2) is 9.48 Å². The average molecular weight is 476 g/mol. The van der Waals surface area contributed by atoms with Crippen molar-refractivity contribution in [3.8, 4) is 0 Å². The summed E-state index contributed by atoms with van der Waals surface area (Å²) in [5.74, 6) is -3.70. The minimum absolute atomic E-state index is 0.162. The molecule has 2 aliphatic heterocycles. The Bertz CT molecular complexity index is 980. The highest BCUT2D eigenvalue weighted by Gasteiger charge is 2.54. The number of carbonyl (C=O) groups excluding carboxylic acids is 2. The molecule has 3 rings (SSSR count). The molecule has 1 saturated heterocycles. The van der Waals surface area contributed by atoms with Crippen molar-refractivity contribution in [2.45, 2.75) is 16.6 Å². The summed E-state index contributed by atoms with van der Waals surface area (Å²) in [6, 6.07) is -1.08. The number of alkyl halides is 1. The Morgan fingerprint density at radius 3 is 2.73 bits per heavy atom. The van der Waals surface area contributed by atoms with E-state index >= 15 is 0 Å². The normalized spacial score (nSPS) is 21.5. The third-order valence-corrected chi connectivity index (χ3v) is 6.89. The summed E-state index contributed by atoms with van der Waals surface area (Å²) >= 11 is 7.87. The summed E-state index contributed by atoms with van der Waals surface area (Å²) in [7, 11) is 1.64. The molecule has 13 nitrogen and oxygen atoms in total.